The molecular formula is C13H11N7O2. The minimum absolute atomic E-state index is 0.0228. The Bertz CT molecular complexity index is 765. The fourth-order valence-electron chi connectivity index (χ4n) is 1.61. The van der Waals surface area contributed by atoms with Crippen LogP contribution in [0.1, 0.15) is 18.3 Å². The standard InChI is InChI=1S/C13H11N7O2/c1-13(22,8-20-7-9(2-14)4-18-20)12(21)19-10-5-16-11(3-15)17-6-10/h4-7,22H,8H2,1H3,(H,19,21)/t13-/m0/s1. The summed E-state index contributed by atoms with van der Waals surface area (Å²) in [7, 11) is 0. The zero-order valence-electron chi connectivity index (χ0n) is 11.6. The van der Waals surface area contributed by atoms with Gasteiger partial charge in [-0.3, -0.25) is 9.48 Å². The van der Waals surface area contributed by atoms with Crippen molar-refractivity contribution in [1.82, 2.24) is 19.7 Å². The molecule has 0 saturated heterocycles. The summed E-state index contributed by atoms with van der Waals surface area (Å²) in [5.41, 5.74) is -1.17. The minimum Gasteiger partial charge on any atom is -0.378 e. The summed E-state index contributed by atoms with van der Waals surface area (Å²) in [6, 6.07) is 3.66. The van der Waals surface area contributed by atoms with Gasteiger partial charge in [-0.15, -0.1) is 0 Å². The van der Waals surface area contributed by atoms with Gasteiger partial charge in [0, 0.05) is 6.20 Å². The van der Waals surface area contributed by atoms with E-state index in [0.717, 1.165) is 0 Å². The van der Waals surface area contributed by atoms with Gasteiger partial charge in [0.05, 0.1) is 36.4 Å². The number of hydrogen-bond donors (Lipinski definition) is 2. The minimum atomic E-state index is -1.76. The summed E-state index contributed by atoms with van der Waals surface area (Å²) < 4.78 is 1.30. The first-order valence-electron chi connectivity index (χ1n) is 6.13. The maximum Gasteiger partial charge on any atom is 0.258 e. The molecular weight excluding hydrogens is 286 g/mol. The number of carbonyl (C=O) groups excluding carboxylic acids is 1. The van der Waals surface area contributed by atoms with Crippen LogP contribution in [0.5, 0.6) is 0 Å². The van der Waals surface area contributed by atoms with Crippen LogP contribution < -0.4 is 5.32 Å². The van der Waals surface area contributed by atoms with E-state index >= 15 is 0 Å². The maximum atomic E-state index is 12.1. The molecule has 1 amide bonds. The number of nitrogens with one attached hydrogen (secondary N) is 1. The highest BCUT2D eigenvalue weighted by Crippen LogP contribution is 2.12. The van der Waals surface area contributed by atoms with Crippen molar-refractivity contribution in [3.63, 3.8) is 0 Å². The molecule has 2 heterocycles. The molecule has 110 valence electrons. The van der Waals surface area contributed by atoms with Crippen LogP contribution in [0.15, 0.2) is 24.8 Å². The predicted molar refractivity (Wildman–Crippen MR) is 72.9 cm³/mol. The van der Waals surface area contributed by atoms with E-state index in [2.05, 4.69) is 20.4 Å². The number of nitrogens with zero attached hydrogens (tertiary/aromatic N) is 6. The Hall–Kier alpha value is -3.30. The Morgan fingerprint density at radius 1 is 1.36 bits per heavy atom. The van der Waals surface area contributed by atoms with Crippen molar-refractivity contribution in [1.29, 1.82) is 10.5 Å². The molecule has 0 fully saturated rings. The van der Waals surface area contributed by atoms with Gasteiger partial charge in [-0.25, -0.2) is 9.97 Å². The van der Waals surface area contributed by atoms with Crippen molar-refractivity contribution in [2.75, 3.05) is 5.32 Å². The Kier molecular flexibility index (Phi) is 4.11. The first-order chi connectivity index (χ1) is 10.4. The van der Waals surface area contributed by atoms with Crippen LogP contribution in [-0.4, -0.2) is 36.4 Å². The molecule has 1 atom stereocenters. The highest BCUT2D eigenvalue weighted by molar-refractivity contribution is 5.96. The monoisotopic (exact) mass is 297 g/mol. The topological polar surface area (TPSA) is 141 Å². The first kappa shape index (κ1) is 15.1. The van der Waals surface area contributed by atoms with Crippen molar-refractivity contribution >= 4 is 11.6 Å². The fourth-order valence-corrected chi connectivity index (χ4v) is 1.61. The number of carbonyl (C=O) groups is 1. The van der Waals surface area contributed by atoms with E-state index < -0.39 is 11.5 Å². The highest BCUT2D eigenvalue weighted by atomic mass is 16.3. The van der Waals surface area contributed by atoms with Gasteiger partial charge in [-0.2, -0.15) is 15.6 Å². The Balaban J connectivity index is 2.06. The lowest BCUT2D eigenvalue weighted by Crippen LogP contribution is -2.43. The second kappa shape index (κ2) is 5.99. The van der Waals surface area contributed by atoms with E-state index in [1.54, 1.807) is 6.07 Å². The number of aromatic nitrogens is 4. The average Bonchev–Trinajstić information content (AvgIpc) is 2.95. The van der Waals surface area contributed by atoms with Crippen LogP contribution in [0, 0.1) is 22.7 Å². The van der Waals surface area contributed by atoms with E-state index in [1.807, 2.05) is 6.07 Å². The summed E-state index contributed by atoms with van der Waals surface area (Å²) in [4.78, 5) is 19.5. The van der Waals surface area contributed by atoms with Gasteiger partial charge >= 0.3 is 0 Å². The molecule has 0 bridgehead atoms. The summed E-state index contributed by atoms with van der Waals surface area (Å²) in [5.74, 6) is -0.708. The molecule has 0 unspecified atom stereocenters. The lowest BCUT2D eigenvalue weighted by molar-refractivity contribution is -0.133. The molecule has 9 heteroatoms. The largest absolute Gasteiger partial charge is 0.378 e. The van der Waals surface area contributed by atoms with Crippen molar-refractivity contribution < 1.29 is 9.90 Å². The molecule has 0 spiro atoms. The number of rotatable bonds is 4. The van der Waals surface area contributed by atoms with E-state index in [9.17, 15) is 9.90 Å². The van der Waals surface area contributed by atoms with E-state index in [4.69, 9.17) is 10.5 Å². The van der Waals surface area contributed by atoms with Gasteiger partial charge in [0.25, 0.3) is 5.91 Å². The molecule has 2 N–H and O–H groups in total. The zero-order valence-corrected chi connectivity index (χ0v) is 11.6. The Labute approximate surface area is 125 Å². The van der Waals surface area contributed by atoms with Gasteiger partial charge in [0.15, 0.2) is 5.60 Å². The van der Waals surface area contributed by atoms with Gasteiger partial charge < -0.3 is 10.4 Å². The Morgan fingerprint density at radius 3 is 2.59 bits per heavy atom. The molecule has 2 aromatic heterocycles. The first-order valence-corrected chi connectivity index (χ1v) is 6.13. The molecule has 9 nitrogen and oxygen atoms in total. The van der Waals surface area contributed by atoms with Crippen LogP contribution in [0.2, 0.25) is 0 Å². The van der Waals surface area contributed by atoms with Gasteiger partial charge in [-0.1, -0.05) is 0 Å². The second-order valence-electron chi connectivity index (χ2n) is 4.67. The number of hydrogen-bond acceptors (Lipinski definition) is 7. The van der Waals surface area contributed by atoms with Gasteiger partial charge in [-0.05, 0) is 6.92 Å². The lowest BCUT2D eigenvalue weighted by atomic mass is 10.1. The summed E-state index contributed by atoms with van der Waals surface area (Å²) >= 11 is 0. The van der Waals surface area contributed by atoms with Crippen LogP contribution in [0.4, 0.5) is 5.69 Å². The van der Waals surface area contributed by atoms with Crippen LogP contribution in [-0.2, 0) is 11.3 Å². The molecule has 0 radical (unpaired) electrons. The van der Waals surface area contributed by atoms with Crippen LogP contribution >= 0.6 is 0 Å². The van der Waals surface area contributed by atoms with E-state index in [0.29, 0.717) is 5.56 Å². The van der Waals surface area contributed by atoms with Gasteiger partial charge in [0.2, 0.25) is 5.82 Å². The second-order valence-corrected chi connectivity index (χ2v) is 4.67. The normalized spacial score (nSPS) is 12.7. The molecule has 0 aromatic carbocycles. The van der Waals surface area contributed by atoms with E-state index in [1.165, 1.54) is 36.4 Å². The SMILES string of the molecule is C[C@](O)(Cn1cc(C#N)cn1)C(=O)Nc1cnc(C#N)nc1. The lowest BCUT2D eigenvalue weighted by Gasteiger charge is -2.22. The molecule has 0 aliphatic rings. The summed E-state index contributed by atoms with van der Waals surface area (Å²) in [5, 5.41) is 33.9. The third-order valence-corrected chi connectivity index (χ3v) is 2.73. The van der Waals surface area contributed by atoms with Crippen molar-refractivity contribution in [2.24, 2.45) is 0 Å². The van der Waals surface area contributed by atoms with Crippen LogP contribution in [0.3, 0.4) is 0 Å². The summed E-state index contributed by atoms with van der Waals surface area (Å²) in [6.07, 6.45) is 5.29. The highest BCUT2D eigenvalue weighted by Gasteiger charge is 2.31. The van der Waals surface area contributed by atoms with Crippen molar-refractivity contribution in [2.45, 2.75) is 19.1 Å². The van der Waals surface area contributed by atoms with Gasteiger partial charge in [0.1, 0.15) is 12.1 Å². The number of nitriles is 2. The summed E-state index contributed by atoms with van der Waals surface area (Å²) in [6.45, 7) is 1.19. The Morgan fingerprint density at radius 2 is 2.05 bits per heavy atom. The number of amides is 1. The fraction of sp³-hybridized carbons (Fsp3) is 0.231. The van der Waals surface area contributed by atoms with Crippen molar-refractivity contribution in [3.05, 3.63) is 36.2 Å². The van der Waals surface area contributed by atoms with E-state index in [-0.39, 0.29) is 18.1 Å². The maximum absolute atomic E-state index is 12.1. The predicted octanol–water partition coefficient (Wildman–Crippen LogP) is -0.194. The molecule has 0 saturated carbocycles. The van der Waals surface area contributed by atoms with Crippen molar-refractivity contribution in [3.8, 4) is 12.1 Å². The average molecular weight is 297 g/mol. The smallest absolute Gasteiger partial charge is 0.258 e. The third-order valence-electron chi connectivity index (χ3n) is 2.73. The molecule has 22 heavy (non-hydrogen) atoms. The molecule has 0 aliphatic carbocycles. The van der Waals surface area contributed by atoms with Crippen LogP contribution in [0.25, 0.3) is 0 Å². The molecule has 2 rings (SSSR count). The molecule has 2 aromatic rings. The third kappa shape index (κ3) is 3.42. The zero-order chi connectivity index (χ0) is 16.2. The number of aliphatic hydroxyl groups is 1. The quantitative estimate of drug-likeness (QED) is 0.796. The number of anilines is 1. The molecule has 0 aliphatic heterocycles.